The van der Waals surface area contributed by atoms with Crippen LogP contribution < -0.4 is 4.72 Å². The van der Waals surface area contributed by atoms with Crippen LogP contribution in [0.1, 0.15) is 39.4 Å². The van der Waals surface area contributed by atoms with Crippen molar-refractivity contribution in [2.75, 3.05) is 0 Å². The Labute approximate surface area is 108 Å². The Kier molecular flexibility index (Phi) is 3.77. The third-order valence-corrected chi connectivity index (χ3v) is 5.40. The van der Waals surface area contributed by atoms with Crippen molar-refractivity contribution in [1.82, 2.24) is 14.7 Å². The monoisotopic (exact) mass is 271 g/mol. The van der Waals surface area contributed by atoms with Crippen molar-refractivity contribution in [2.24, 2.45) is 11.8 Å². The predicted octanol–water partition coefficient (Wildman–Crippen LogP) is 1.68. The third kappa shape index (κ3) is 2.59. The molecule has 1 aliphatic carbocycles. The highest BCUT2D eigenvalue weighted by Gasteiger charge is 2.33. The second-order valence-corrected chi connectivity index (χ2v) is 6.87. The Hall–Kier alpha value is -0.880. The van der Waals surface area contributed by atoms with Gasteiger partial charge in [0.05, 0.1) is 6.20 Å². The van der Waals surface area contributed by atoms with Gasteiger partial charge in [-0.05, 0) is 24.7 Å². The maximum absolute atomic E-state index is 12.2. The molecule has 0 bridgehead atoms. The Balaban J connectivity index is 2.12. The molecule has 1 saturated carbocycles. The smallest absolute Gasteiger partial charge is 0.257 e. The number of aromatic amines is 1. The molecular formula is C12H21N3O2S. The Morgan fingerprint density at radius 3 is 2.67 bits per heavy atom. The van der Waals surface area contributed by atoms with Crippen LogP contribution in [0, 0.1) is 11.8 Å². The van der Waals surface area contributed by atoms with Crippen LogP contribution in [-0.4, -0.2) is 24.4 Å². The van der Waals surface area contributed by atoms with E-state index < -0.39 is 10.0 Å². The van der Waals surface area contributed by atoms with Crippen molar-refractivity contribution in [1.29, 1.82) is 0 Å². The molecule has 0 amide bonds. The highest BCUT2D eigenvalue weighted by molar-refractivity contribution is 7.89. The van der Waals surface area contributed by atoms with Gasteiger partial charge in [0.2, 0.25) is 0 Å². The summed E-state index contributed by atoms with van der Waals surface area (Å²) >= 11 is 0. The standard InChI is InChI=1S/C12H21N3O2S/c1-4-11-13-7-12(14-11)18(16,17)15-10-6-5-8(2)9(10)3/h7-10,15H,4-6H2,1-3H3,(H,13,14). The minimum atomic E-state index is -3.46. The van der Waals surface area contributed by atoms with Crippen molar-refractivity contribution in [3.63, 3.8) is 0 Å². The van der Waals surface area contributed by atoms with Crippen molar-refractivity contribution in [3.05, 3.63) is 12.0 Å². The molecule has 1 aromatic heterocycles. The number of nitrogens with zero attached hydrogens (tertiary/aromatic N) is 1. The number of sulfonamides is 1. The van der Waals surface area contributed by atoms with Gasteiger partial charge in [0, 0.05) is 12.5 Å². The molecule has 102 valence electrons. The van der Waals surface area contributed by atoms with Crippen molar-refractivity contribution >= 4 is 10.0 Å². The topological polar surface area (TPSA) is 74.8 Å². The van der Waals surface area contributed by atoms with Crippen molar-refractivity contribution in [2.45, 2.75) is 51.1 Å². The molecule has 0 aliphatic heterocycles. The SMILES string of the molecule is CCc1ncc(S(=O)(=O)NC2CCC(C)C2C)[nH]1. The number of hydrogen-bond donors (Lipinski definition) is 2. The summed E-state index contributed by atoms with van der Waals surface area (Å²) in [6.45, 7) is 6.21. The number of imidazole rings is 1. The van der Waals surface area contributed by atoms with Gasteiger partial charge in [-0.25, -0.2) is 18.1 Å². The average Bonchev–Trinajstić information content (AvgIpc) is 2.91. The van der Waals surface area contributed by atoms with Gasteiger partial charge in [0.25, 0.3) is 10.0 Å². The first kappa shape index (κ1) is 13.5. The molecule has 0 saturated heterocycles. The molecule has 3 unspecified atom stereocenters. The van der Waals surface area contributed by atoms with Crippen LogP contribution in [0.15, 0.2) is 11.2 Å². The first-order chi connectivity index (χ1) is 8.44. The van der Waals surface area contributed by atoms with E-state index in [2.05, 4.69) is 28.5 Å². The summed E-state index contributed by atoms with van der Waals surface area (Å²) in [6, 6.07) is 0.0402. The van der Waals surface area contributed by atoms with Gasteiger partial charge in [-0.15, -0.1) is 0 Å². The lowest BCUT2D eigenvalue weighted by Gasteiger charge is -2.18. The van der Waals surface area contributed by atoms with E-state index >= 15 is 0 Å². The quantitative estimate of drug-likeness (QED) is 0.875. The van der Waals surface area contributed by atoms with Gasteiger partial charge in [-0.3, -0.25) is 0 Å². The summed E-state index contributed by atoms with van der Waals surface area (Å²) in [7, 11) is -3.46. The number of aromatic nitrogens is 2. The summed E-state index contributed by atoms with van der Waals surface area (Å²) in [5, 5.41) is 0.172. The molecule has 18 heavy (non-hydrogen) atoms. The molecule has 2 N–H and O–H groups in total. The summed E-state index contributed by atoms with van der Waals surface area (Å²) in [5.74, 6) is 1.65. The lowest BCUT2D eigenvalue weighted by Crippen LogP contribution is -2.37. The van der Waals surface area contributed by atoms with Crippen LogP contribution in [0.4, 0.5) is 0 Å². The Bertz CT molecular complexity index is 509. The first-order valence-electron chi connectivity index (χ1n) is 6.50. The lowest BCUT2D eigenvalue weighted by atomic mass is 9.98. The molecule has 0 spiro atoms. The van der Waals surface area contributed by atoms with Gasteiger partial charge < -0.3 is 4.98 Å². The molecule has 1 aliphatic rings. The molecule has 1 aromatic rings. The fourth-order valence-electron chi connectivity index (χ4n) is 2.45. The van der Waals surface area contributed by atoms with Crippen molar-refractivity contribution < 1.29 is 8.42 Å². The zero-order chi connectivity index (χ0) is 13.3. The van der Waals surface area contributed by atoms with Crippen LogP contribution in [0.2, 0.25) is 0 Å². The van der Waals surface area contributed by atoms with Crippen LogP contribution >= 0.6 is 0 Å². The van der Waals surface area contributed by atoms with Gasteiger partial charge in [0.15, 0.2) is 5.03 Å². The van der Waals surface area contributed by atoms with E-state index in [-0.39, 0.29) is 11.1 Å². The molecule has 5 nitrogen and oxygen atoms in total. The fraction of sp³-hybridized carbons (Fsp3) is 0.750. The van der Waals surface area contributed by atoms with Crippen LogP contribution in [0.5, 0.6) is 0 Å². The summed E-state index contributed by atoms with van der Waals surface area (Å²) < 4.78 is 27.2. The zero-order valence-corrected chi connectivity index (χ0v) is 11.9. The number of nitrogens with one attached hydrogen (secondary N) is 2. The van der Waals surface area contributed by atoms with Crippen LogP contribution in [-0.2, 0) is 16.4 Å². The maximum atomic E-state index is 12.2. The van der Waals surface area contributed by atoms with Gasteiger partial charge in [0.1, 0.15) is 5.82 Å². The average molecular weight is 271 g/mol. The predicted molar refractivity (Wildman–Crippen MR) is 69.6 cm³/mol. The molecule has 1 fully saturated rings. The minimum Gasteiger partial charge on any atom is -0.332 e. The van der Waals surface area contributed by atoms with E-state index in [9.17, 15) is 8.42 Å². The van der Waals surface area contributed by atoms with E-state index in [0.29, 0.717) is 24.1 Å². The molecule has 6 heteroatoms. The zero-order valence-electron chi connectivity index (χ0n) is 11.1. The second-order valence-electron chi connectivity index (χ2n) is 5.19. The Morgan fingerprint density at radius 1 is 1.44 bits per heavy atom. The summed E-state index contributed by atoms with van der Waals surface area (Å²) in [4.78, 5) is 6.88. The van der Waals surface area contributed by atoms with E-state index in [1.54, 1.807) is 0 Å². The molecule has 1 heterocycles. The molecule has 0 aromatic carbocycles. The van der Waals surface area contributed by atoms with Crippen LogP contribution in [0.3, 0.4) is 0 Å². The molecular weight excluding hydrogens is 250 g/mol. The highest BCUT2D eigenvalue weighted by Crippen LogP contribution is 2.31. The minimum absolute atomic E-state index is 0.0402. The number of rotatable bonds is 4. The van der Waals surface area contributed by atoms with E-state index in [1.807, 2.05) is 6.92 Å². The Morgan fingerprint density at radius 2 is 2.17 bits per heavy atom. The largest absolute Gasteiger partial charge is 0.332 e. The fourth-order valence-corrected chi connectivity index (χ4v) is 3.76. The number of H-pyrrole nitrogens is 1. The van der Waals surface area contributed by atoms with Gasteiger partial charge in [-0.2, -0.15) is 0 Å². The molecule has 3 atom stereocenters. The lowest BCUT2D eigenvalue weighted by molar-refractivity contribution is 0.402. The molecule has 2 rings (SSSR count). The first-order valence-corrected chi connectivity index (χ1v) is 7.98. The van der Waals surface area contributed by atoms with Crippen LogP contribution in [0.25, 0.3) is 0 Å². The molecule has 0 radical (unpaired) electrons. The van der Waals surface area contributed by atoms with Gasteiger partial charge >= 0.3 is 0 Å². The summed E-state index contributed by atoms with van der Waals surface area (Å²) in [6.07, 6.45) is 4.09. The number of aryl methyl sites for hydroxylation is 1. The van der Waals surface area contributed by atoms with Crippen molar-refractivity contribution in [3.8, 4) is 0 Å². The second kappa shape index (κ2) is 5.01. The normalized spacial score (nSPS) is 28.7. The number of hydrogen-bond acceptors (Lipinski definition) is 3. The summed E-state index contributed by atoms with van der Waals surface area (Å²) in [5.41, 5.74) is 0. The van der Waals surface area contributed by atoms with E-state index in [0.717, 1.165) is 12.8 Å². The van der Waals surface area contributed by atoms with Gasteiger partial charge in [-0.1, -0.05) is 20.8 Å². The highest BCUT2D eigenvalue weighted by atomic mass is 32.2. The van der Waals surface area contributed by atoms with E-state index in [4.69, 9.17) is 0 Å². The van der Waals surface area contributed by atoms with E-state index in [1.165, 1.54) is 6.20 Å². The maximum Gasteiger partial charge on any atom is 0.257 e. The third-order valence-electron chi connectivity index (χ3n) is 4.00.